The molecule has 20 heavy (non-hydrogen) atoms. The summed E-state index contributed by atoms with van der Waals surface area (Å²) in [5.74, 6) is 0.758. The Morgan fingerprint density at radius 1 is 1.20 bits per heavy atom. The minimum Gasteiger partial charge on any atom is -0.397 e. The van der Waals surface area contributed by atoms with E-state index in [1.807, 2.05) is 37.3 Å². The van der Waals surface area contributed by atoms with E-state index in [1.165, 1.54) is 0 Å². The summed E-state index contributed by atoms with van der Waals surface area (Å²) in [6, 6.07) is 9.43. The zero-order valence-corrected chi connectivity index (χ0v) is 11.6. The summed E-state index contributed by atoms with van der Waals surface area (Å²) in [5.41, 5.74) is 9.02. The number of nitrogens with two attached hydrogens (primary N) is 1. The summed E-state index contributed by atoms with van der Waals surface area (Å²) in [4.78, 5) is 8.69. The quantitative estimate of drug-likeness (QED) is 0.749. The molecule has 0 aliphatic heterocycles. The number of nitrogens with zero attached hydrogens (tertiary/aromatic N) is 2. The fourth-order valence-corrected chi connectivity index (χ4v) is 2.31. The van der Waals surface area contributed by atoms with Gasteiger partial charge in [-0.2, -0.15) is 0 Å². The number of nitrogen functional groups attached to an aromatic ring is 1. The second kappa shape index (κ2) is 4.98. The lowest BCUT2D eigenvalue weighted by molar-refractivity contribution is 1.26. The molecule has 0 saturated heterocycles. The molecule has 0 bridgehead atoms. The maximum atomic E-state index is 6.18. The van der Waals surface area contributed by atoms with Crippen molar-refractivity contribution >= 4 is 39.7 Å². The first-order chi connectivity index (χ1) is 9.65. The van der Waals surface area contributed by atoms with Gasteiger partial charge in [0.25, 0.3) is 0 Å². The van der Waals surface area contributed by atoms with Crippen LogP contribution in [0.2, 0.25) is 5.02 Å². The van der Waals surface area contributed by atoms with Crippen LogP contribution >= 0.6 is 11.6 Å². The molecule has 2 aromatic heterocycles. The van der Waals surface area contributed by atoms with Gasteiger partial charge < -0.3 is 11.1 Å². The molecule has 0 unspecified atom stereocenters. The Kier molecular flexibility index (Phi) is 3.16. The van der Waals surface area contributed by atoms with Crippen LogP contribution in [0, 0.1) is 6.92 Å². The molecule has 0 radical (unpaired) electrons. The molecule has 0 aliphatic rings. The Labute approximate surface area is 121 Å². The molecule has 0 amide bonds. The van der Waals surface area contributed by atoms with Crippen LogP contribution in [0.4, 0.5) is 17.2 Å². The van der Waals surface area contributed by atoms with Gasteiger partial charge in [0.05, 0.1) is 28.1 Å². The van der Waals surface area contributed by atoms with Crippen molar-refractivity contribution in [1.29, 1.82) is 0 Å². The molecule has 0 aliphatic carbocycles. The van der Waals surface area contributed by atoms with Crippen molar-refractivity contribution in [3.05, 3.63) is 53.3 Å². The van der Waals surface area contributed by atoms with Crippen LogP contribution < -0.4 is 11.1 Å². The molecular weight excluding hydrogens is 272 g/mol. The summed E-state index contributed by atoms with van der Waals surface area (Å²) in [5, 5.41) is 4.87. The van der Waals surface area contributed by atoms with Crippen molar-refractivity contribution < 1.29 is 0 Å². The zero-order valence-electron chi connectivity index (χ0n) is 10.9. The highest BCUT2D eigenvalue weighted by atomic mass is 35.5. The maximum Gasteiger partial charge on any atom is 0.133 e. The van der Waals surface area contributed by atoms with Crippen molar-refractivity contribution in [2.45, 2.75) is 6.92 Å². The van der Waals surface area contributed by atoms with Gasteiger partial charge in [-0.15, -0.1) is 0 Å². The highest BCUT2D eigenvalue weighted by molar-refractivity contribution is 6.35. The number of pyridine rings is 2. The van der Waals surface area contributed by atoms with E-state index in [9.17, 15) is 0 Å². The Morgan fingerprint density at radius 2 is 2.05 bits per heavy atom. The minimum atomic E-state index is 0.645. The van der Waals surface area contributed by atoms with E-state index < -0.39 is 0 Å². The smallest absolute Gasteiger partial charge is 0.133 e. The predicted molar refractivity (Wildman–Crippen MR) is 83.4 cm³/mol. The molecule has 0 spiro atoms. The fraction of sp³-hybridized carbons (Fsp3) is 0.0667. The number of aryl methyl sites for hydroxylation is 1. The van der Waals surface area contributed by atoms with Crippen molar-refractivity contribution in [2.75, 3.05) is 11.1 Å². The molecule has 0 saturated carbocycles. The monoisotopic (exact) mass is 284 g/mol. The molecule has 1 aromatic carbocycles. The van der Waals surface area contributed by atoms with E-state index in [-0.39, 0.29) is 0 Å². The third-order valence-corrected chi connectivity index (χ3v) is 3.40. The van der Waals surface area contributed by atoms with E-state index in [4.69, 9.17) is 17.3 Å². The topological polar surface area (TPSA) is 63.8 Å². The molecule has 0 fully saturated rings. The van der Waals surface area contributed by atoms with Crippen molar-refractivity contribution in [2.24, 2.45) is 0 Å². The number of hydrogen-bond donors (Lipinski definition) is 2. The van der Waals surface area contributed by atoms with Gasteiger partial charge in [0.1, 0.15) is 5.82 Å². The standard InChI is InChI=1S/C15H13ClN4/c1-9-7-10(17)8-19-15(9)20-13-5-4-12(16)11-3-2-6-18-14(11)13/h2-8H,17H2,1H3,(H,19,20). The van der Waals surface area contributed by atoms with Crippen LogP contribution in [0.15, 0.2) is 42.7 Å². The van der Waals surface area contributed by atoms with Gasteiger partial charge in [-0.3, -0.25) is 4.98 Å². The number of anilines is 3. The molecule has 0 atom stereocenters. The predicted octanol–water partition coefficient (Wildman–Crippen LogP) is 3.92. The Hall–Kier alpha value is -2.33. The highest BCUT2D eigenvalue weighted by Crippen LogP contribution is 2.30. The number of benzene rings is 1. The second-order valence-electron chi connectivity index (χ2n) is 4.55. The molecule has 100 valence electrons. The van der Waals surface area contributed by atoms with Crippen LogP contribution in [0.1, 0.15) is 5.56 Å². The van der Waals surface area contributed by atoms with Crippen LogP contribution in [-0.2, 0) is 0 Å². The summed E-state index contributed by atoms with van der Waals surface area (Å²) < 4.78 is 0. The summed E-state index contributed by atoms with van der Waals surface area (Å²) in [6.45, 7) is 1.96. The normalized spacial score (nSPS) is 10.7. The lowest BCUT2D eigenvalue weighted by atomic mass is 10.2. The third-order valence-electron chi connectivity index (χ3n) is 3.07. The van der Waals surface area contributed by atoms with Crippen LogP contribution in [0.5, 0.6) is 0 Å². The lowest BCUT2D eigenvalue weighted by Gasteiger charge is -2.11. The van der Waals surface area contributed by atoms with Gasteiger partial charge in [-0.1, -0.05) is 11.6 Å². The van der Waals surface area contributed by atoms with Crippen molar-refractivity contribution in [3.8, 4) is 0 Å². The SMILES string of the molecule is Cc1cc(N)cnc1Nc1ccc(Cl)c2cccnc12. The molecule has 2 heterocycles. The Morgan fingerprint density at radius 3 is 2.85 bits per heavy atom. The van der Waals surface area contributed by atoms with Crippen molar-refractivity contribution in [3.63, 3.8) is 0 Å². The van der Waals surface area contributed by atoms with Gasteiger partial charge in [0, 0.05) is 11.6 Å². The average molecular weight is 285 g/mol. The molecule has 3 aromatic rings. The summed E-state index contributed by atoms with van der Waals surface area (Å²) >= 11 is 6.18. The largest absolute Gasteiger partial charge is 0.397 e. The third kappa shape index (κ3) is 2.26. The van der Waals surface area contributed by atoms with Gasteiger partial charge in [-0.05, 0) is 42.8 Å². The summed E-state index contributed by atoms with van der Waals surface area (Å²) in [7, 11) is 0. The number of rotatable bonds is 2. The first-order valence-corrected chi connectivity index (χ1v) is 6.55. The minimum absolute atomic E-state index is 0.645. The summed E-state index contributed by atoms with van der Waals surface area (Å²) in [6.07, 6.45) is 3.37. The number of fused-ring (bicyclic) bond motifs is 1. The first kappa shape index (κ1) is 12.7. The van der Waals surface area contributed by atoms with Gasteiger partial charge >= 0.3 is 0 Å². The number of aromatic nitrogens is 2. The first-order valence-electron chi connectivity index (χ1n) is 6.17. The lowest BCUT2D eigenvalue weighted by Crippen LogP contribution is -1.99. The zero-order chi connectivity index (χ0) is 14.1. The van der Waals surface area contributed by atoms with Gasteiger partial charge in [-0.25, -0.2) is 4.98 Å². The molecule has 3 rings (SSSR count). The van der Waals surface area contributed by atoms with Crippen LogP contribution in [-0.4, -0.2) is 9.97 Å². The van der Waals surface area contributed by atoms with Crippen LogP contribution in [0.25, 0.3) is 10.9 Å². The van der Waals surface area contributed by atoms with Gasteiger partial charge in [0.15, 0.2) is 0 Å². The second-order valence-corrected chi connectivity index (χ2v) is 4.96. The van der Waals surface area contributed by atoms with E-state index in [0.717, 1.165) is 28.0 Å². The van der Waals surface area contributed by atoms with E-state index in [0.29, 0.717) is 10.7 Å². The van der Waals surface area contributed by atoms with Crippen LogP contribution in [0.3, 0.4) is 0 Å². The van der Waals surface area contributed by atoms with E-state index in [2.05, 4.69) is 15.3 Å². The van der Waals surface area contributed by atoms with E-state index in [1.54, 1.807) is 12.4 Å². The molecule has 4 nitrogen and oxygen atoms in total. The Bertz CT molecular complexity index is 786. The van der Waals surface area contributed by atoms with Crippen molar-refractivity contribution in [1.82, 2.24) is 9.97 Å². The number of hydrogen-bond acceptors (Lipinski definition) is 4. The average Bonchev–Trinajstić information content (AvgIpc) is 2.45. The van der Waals surface area contributed by atoms with E-state index >= 15 is 0 Å². The fourth-order valence-electron chi connectivity index (χ4n) is 2.09. The highest BCUT2D eigenvalue weighted by Gasteiger charge is 2.08. The van der Waals surface area contributed by atoms with Gasteiger partial charge in [0.2, 0.25) is 0 Å². The molecule has 5 heteroatoms. The Balaban J connectivity index is 2.09. The maximum absolute atomic E-state index is 6.18. The molecule has 3 N–H and O–H groups in total. The molecular formula is C15H13ClN4. The number of nitrogens with one attached hydrogen (secondary N) is 1. The number of halogens is 1.